The molecule has 1 aliphatic rings. The van der Waals surface area contributed by atoms with E-state index in [9.17, 15) is 15.0 Å². The van der Waals surface area contributed by atoms with E-state index in [0.717, 1.165) is 25.7 Å². The van der Waals surface area contributed by atoms with Crippen LogP contribution in [0.4, 0.5) is 0 Å². The van der Waals surface area contributed by atoms with Crippen LogP contribution in [0, 0.1) is 0 Å². The SMILES string of the molecule is CCOC(=O)CC(O)CNCC1(O)CCCC1. The van der Waals surface area contributed by atoms with Crippen LogP contribution in [-0.4, -0.2) is 47.6 Å². The van der Waals surface area contributed by atoms with Crippen LogP contribution in [0.15, 0.2) is 0 Å². The number of hydrogen-bond donors (Lipinski definition) is 3. The summed E-state index contributed by atoms with van der Waals surface area (Å²) in [6.45, 7) is 2.85. The number of aliphatic hydroxyl groups is 2. The van der Waals surface area contributed by atoms with Crippen LogP contribution < -0.4 is 5.32 Å². The first-order chi connectivity index (χ1) is 8.06. The minimum Gasteiger partial charge on any atom is -0.466 e. The maximum absolute atomic E-state index is 11.1. The molecule has 0 saturated heterocycles. The molecule has 0 heterocycles. The lowest BCUT2D eigenvalue weighted by Crippen LogP contribution is -2.41. The van der Waals surface area contributed by atoms with Crippen LogP contribution in [0.5, 0.6) is 0 Å². The molecule has 1 atom stereocenters. The molecule has 0 aromatic carbocycles. The molecule has 1 rings (SSSR count). The average molecular weight is 245 g/mol. The lowest BCUT2D eigenvalue weighted by molar-refractivity contribution is -0.145. The Balaban J connectivity index is 2.11. The fourth-order valence-electron chi connectivity index (χ4n) is 2.17. The van der Waals surface area contributed by atoms with E-state index in [4.69, 9.17) is 4.74 Å². The molecule has 5 heteroatoms. The highest BCUT2D eigenvalue weighted by atomic mass is 16.5. The molecule has 1 aliphatic carbocycles. The van der Waals surface area contributed by atoms with Crippen LogP contribution in [0.1, 0.15) is 39.0 Å². The van der Waals surface area contributed by atoms with E-state index in [-0.39, 0.29) is 12.4 Å². The van der Waals surface area contributed by atoms with E-state index in [0.29, 0.717) is 19.7 Å². The molecule has 0 aliphatic heterocycles. The van der Waals surface area contributed by atoms with Gasteiger partial charge < -0.3 is 20.3 Å². The summed E-state index contributed by atoms with van der Waals surface area (Å²) >= 11 is 0. The summed E-state index contributed by atoms with van der Waals surface area (Å²) < 4.78 is 4.74. The molecule has 3 N–H and O–H groups in total. The maximum Gasteiger partial charge on any atom is 0.308 e. The van der Waals surface area contributed by atoms with Gasteiger partial charge in [-0.05, 0) is 19.8 Å². The first-order valence-electron chi connectivity index (χ1n) is 6.32. The number of nitrogens with one attached hydrogen (secondary N) is 1. The Bertz CT molecular complexity index is 239. The third-order valence-electron chi connectivity index (χ3n) is 3.08. The number of carbonyl (C=O) groups excluding carboxylic acids is 1. The van der Waals surface area contributed by atoms with Crippen molar-refractivity contribution < 1.29 is 19.7 Å². The van der Waals surface area contributed by atoms with Crippen molar-refractivity contribution in [2.45, 2.75) is 50.7 Å². The molecule has 0 amide bonds. The van der Waals surface area contributed by atoms with E-state index in [1.807, 2.05) is 0 Å². The molecule has 0 bridgehead atoms. The molecular formula is C12H23NO4. The molecule has 17 heavy (non-hydrogen) atoms. The van der Waals surface area contributed by atoms with Crippen molar-refractivity contribution in [3.8, 4) is 0 Å². The Morgan fingerprint density at radius 2 is 2.12 bits per heavy atom. The largest absolute Gasteiger partial charge is 0.466 e. The van der Waals surface area contributed by atoms with Crippen LogP contribution in [-0.2, 0) is 9.53 Å². The van der Waals surface area contributed by atoms with Gasteiger partial charge in [0.05, 0.1) is 24.7 Å². The second kappa shape index (κ2) is 6.93. The molecule has 0 spiro atoms. The molecule has 0 aromatic heterocycles. The molecule has 100 valence electrons. The van der Waals surface area contributed by atoms with Crippen molar-refractivity contribution in [1.29, 1.82) is 0 Å². The topological polar surface area (TPSA) is 78.8 Å². The second-order valence-electron chi connectivity index (χ2n) is 4.73. The lowest BCUT2D eigenvalue weighted by Gasteiger charge is -2.23. The van der Waals surface area contributed by atoms with Gasteiger partial charge in [0.2, 0.25) is 0 Å². The number of aliphatic hydroxyl groups excluding tert-OH is 1. The lowest BCUT2D eigenvalue weighted by atomic mass is 10.0. The highest BCUT2D eigenvalue weighted by molar-refractivity contribution is 5.69. The Hall–Kier alpha value is -0.650. The van der Waals surface area contributed by atoms with Gasteiger partial charge in [-0.15, -0.1) is 0 Å². The van der Waals surface area contributed by atoms with E-state index in [2.05, 4.69) is 5.32 Å². The summed E-state index contributed by atoms with van der Waals surface area (Å²) in [7, 11) is 0. The van der Waals surface area contributed by atoms with Crippen molar-refractivity contribution in [1.82, 2.24) is 5.32 Å². The fraction of sp³-hybridized carbons (Fsp3) is 0.917. The summed E-state index contributed by atoms with van der Waals surface area (Å²) in [5, 5.41) is 22.6. The normalized spacial score (nSPS) is 20.2. The number of ether oxygens (including phenoxy) is 1. The van der Waals surface area contributed by atoms with Crippen LogP contribution in [0.25, 0.3) is 0 Å². The zero-order valence-corrected chi connectivity index (χ0v) is 10.4. The Labute approximate surface area is 102 Å². The molecule has 0 radical (unpaired) electrons. The van der Waals surface area contributed by atoms with Crippen molar-refractivity contribution in [3.63, 3.8) is 0 Å². The highest BCUT2D eigenvalue weighted by Crippen LogP contribution is 2.28. The van der Waals surface area contributed by atoms with Crippen molar-refractivity contribution in [3.05, 3.63) is 0 Å². The molecule has 1 unspecified atom stereocenters. The Morgan fingerprint density at radius 3 is 2.71 bits per heavy atom. The summed E-state index contributed by atoms with van der Waals surface area (Å²) in [6.07, 6.45) is 2.99. The summed E-state index contributed by atoms with van der Waals surface area (Å²) in [4.78, 5) is 11.1. The van der Waals surface area contributed by atoms with Gasteiger partial charge in [-0.3, -0.25) is 4.79 Å². The van der Waals surface area contributed by atoms with Gasteiger partial charge >= 0.3 is 5.97 Å². The van der Waals surface area contributed by atoms with E-state index in [1.165, 1.54) is 0 Å². The minimum atomic E-state index is -0.751. The van der Waals surface area contributed by atoms with Gasteiger partial charge in [0.1, 0.15) is 0 Å². The number of carbonyl (C=O) groups is 1. The third-order valence-corrected chi connectivity index (χ3v) is 3.08. The van der Waals surface area contributed by atoms with Gasteiger partial charge in [-0.1, -0.05) is 12.8 Å². The molecule has 1 fully saturated rings. The molecular weight excluding hydrogens is 222 g/mol. The number of esters is 1. The summed E-state index contributed by atoms with van der Waals surface area (Å²) in [6, 6.07) is 0. The van der Waals surface area contributed by atoms with Gasteiger partial charge in [-0.25, -0.2) is 0 Å². The van der Waals surface area contributed by atoms with E-state index in [1.54, 1.807) is 6.92 Å². The first kappa shape index (κ1) is 14.4. The van der Waals surface area contributed by atoms with Crippen LogP contribution >= 0.6 is 0 Å². The van der Waals surface area contributed by atoms with Crippen LogP contribution in [0.2, 0.25) is 0 Å². The average Bonchev–Trinajstić information content (AvgIpc) is 2.65. The van der Waals surface area contributed by atoms with E-state index < -0.39 is 11.7 Å². The van der Waals surface area contributed by atoms with Gasteiger partial charge in [0.15, 0.2) is 0 Å². The predicted octanol–water partition coefficient (Wildman–Crippen LogP) is 0.195. The summed E-state index contributed by atoms with van der Waals surface area (Å²) in [5.74, 6) is -0.388. The highest BCUT2D eigenvalue weighted by Gasteiger charge is 2.30. The van der Waals surface area contributed by atoms with Crippen molar-refractivity contribution in [2.24, 2.45) is 0 Å². The predicted molar refractivity (Wildman–Crippen MR) is 63.5 cm³/mol. The van der Waals surface area contributed by atoms with Crippen molar-refractivity contribution in [2.75, 3.05) is 19.7 Å². The smallest absolute Gasteiger partial charge is 0.308 e. The van der Waals surface area contributed by atoms with Gasteiger partial charge in [0, 0.05) is 13.1 Å². The van der Waals surface area contributed by atoms with Gasteiger partial charge in [-0.2, -0.15) is 0 Å². The zero-order chi connectivity index (χ0) is 12.7. The van der Waals surface area contributed by atoms with Gasteiger partial charge in [0.25, 0.3) is 0 Å². The zero-order valence-electron chi connectivity index (χ0n) is 10.4. The summed E-state index contributed by atoms with van der Waals surface area (Å²) in [5.41, 5.74) is -0.621. The fourth-order valence-corrected chi connectivity index (χ4v) is 2.17. The molecule has 5 nitrogen and oxygen atoms in total. The van der Waals surface area contributed by atoms with Crippen molar-refractivity contribution >= 4 is 5.97 Å². The second-order valence-corrected chi connectivity index (χ2v) is 4.73. The first-order valence-corrected chi connectivity index (χ1v) is 6.32. The quantitative estimate of drug-likeness (QED) is 0.558. The minimum absolute atomic E-state index is 0.000726. The number of hydrogen-bond acceptors (Lipinski definition) is 5. The molecule has 1 saturated carbocycles. The Kier molecular flexibility index (Phi) is 5.88. The van der Waals surface area contributed by atoms with Crippen LogP contribution in [0.3, 0.4) is 0 Å². The Morgan fingerprint density at radius 1 is 1.47 bits per heavy atom. The van der Waals surface area contributed by atoms with E-state index >= 15 is 0 Å². The maximum atomic E-state index is 11.1. The third kappa shape index (κ3) is 5.48. The monoisotopic (exact) mass is 245 g/mol. The standard InChI is InChI=1S/C12H23NO4/c1-2-17-11(15)7-10(14)8-13-9-12(16)5-3-4-6-12/h10,13-14,16H,2-9H2,1H3. The molecule has 0 aromatic rings. The number of rotatable bonds is 7.